The van der Waals surface area contributed by atoms with Gasteiger partial charge in [-0.2, -0.15) is 8.78 Å². The van der Waals surface area contributed by atoms with Crippen molar-refractivity contribution in [2.24, 2.45) is 0 Å². The van der Waals surface area contributed by atoms with E-state index < -0.39 is 11.5 Å². The largest absolute Gasteiger partial charge is 0.444 e. The molecule has 3 rings (SSSR count). The maximum Gasteiger partial charge on any atom is 0.414 e. The van der Waals surface area contributed by atoms with Crippen molar-refractivity contribution in [1.29, 1.82) is 0 Å². The van der Waals surface area contributed by atoms with Gasteiger partial charge in [-0.05, 0) is 22.6 Å². The maximum atomic E-state index is 12.2. The second-order valence-electron chi connectivity index (χ2n) is 5.48. The Kier molecular flexibility index (Phi) is 5.08. The van der Waals surface area contributed by atoms with Crippen molar-refractivity contribution >= 4 is 5.82 Å². The number of imidazole rings is 1. The van der Waals surface area contributed by atoms with Crippen LogP contribution in [0.1, 0.15) is 5.56 Å². The van der Waals surface area contributed by atoms with Crippen LogP contribution in [0.5, 0.6) is 11.8 Å². The second kappa shape index (κ2) is 7.43. The molecule has 2 heterocycles. The Morgan fingerprint density at radius 3 is 2.72 bits per heavy atom. The van der Waals surface area contributed by atoms with Crippen molar-refractivity contribution in [3.8, 4) is 11.8 Å². The van der Waals surface area contributed by atoms with Crippen molar-refractivity contribution < 1.29 is 23.2 Å². The van der Waals surface area contributed by atoms with E-state index in [0.717, 1.165) is 5.56 Å². The number of rotatable bonds is 5. The third-order valence-corrected chi connectivity index (χ3v) is 3.76. The number of hydrogen-bond donors (Lipinski definition) is 0. The molecule has 0 radical (unpaired) electrons. The van der Waals surface area contributed by atoms with Gasteiger partial charge in [-0.25, -0.2) is 0 Å². The quantitative estimate of drug-likeness (QED) is 0.605. The summed E-state index contributed by atoms with van der Waals surface area (Å²) in [6, 6.07) is 6.70. The molecular weight excluding hydrogens is 338 g/mol. The molecule has 0 bridgehead atoms. The number of aromatic nitrogens is 2. The fraction of sp³-hybridized carbons (Fsp3) is 0.400. The van der Waals surface area contributed by atoms with Gasteiger partial charge in [0.05, 0.1) is 0 Å². The lowest BCUT2D eigenvalue weighted by Crippen LogP contribution is -2.33. The van der Waals surface area contributed by atoms with Gasteiger partial charge in [0, 0.05) is 31.2 Å². The van der Waals surface area contributed by atoms with E-state index in [-0.39, 0.29) is 17.6 Å². The standard InChI is InChI=1S/C15H16F2N4O4/c16-14(17)25-12-3-1-11(2-4-12)9-19-5-6-20-10-13(21(22)23)18-15(20)24-8-7-19/h1-4,10,14H,5-9H2. The molecule has 0 saturated heterocycles. The Balaban J connectivity index is 1.61. The minimum Gasteiger partial charge on any atom is -0.444 e. The predicted octanol–water partition coefficient (Wildman–Crippen LogP) is 2.29. The van der Waals surface area contributed by atoms with Crippen molar-refractivity contribution in [3.05, 3.63) is 46.1 Å². The van der Waals surface area contributed by atoms with Gasteiger partial charge in [0.1, 0.15) is 18.6 Å². The predicted molar refractivity (Wildman–Crippen MR) is 82.7 cm³/mol. The Morgan fingerprint density at radius 1 is 1.28 bits per heavy atom. The summed E-state index contributed by atoms with van der Waals surface area (Å²) in [6.07, 6.45) is 1.36. The number of alkyl halides is 2. The van der Waals surface area contributed by atoms with E-state index in [2.05, 4.69) is 14.6 Å². The zero-order valence-electron chi connectivity index (χ0n) is 13.2. The van der Waals surface area contributed by atoms with Crippen molar-refractivity contribution in [1.82, 2.24) is 14.5 Å². The highest BCUT2D eigenvalue weighted by atomic mass is 19.3. The molecule has 1 aromatic heterocycles. The SMILES string of the molecule is O=[N+]([O-])c1cn2c(n1)OCCN(Cc1ccc(OC(F)F)cc1)CC2. The lowest BCUT2D eigenvalue weighted by Gasteiger charge is -2.24. The molecule has 1 aliphatic rings. The van der Waals surface area contributed by atoms with Crippen LogP contribution in [-0.4, -0.2) is 45.7 Å². The van der Waals surface area contributed by atoms with Crippen molar-refractivity contribution in [3.63, 3.8) is 0 Å². The van der Waals surface area contributed by atoms with Crippen LogP contribution in [-0.2, 0) is 13.1 Å². The first-order valence-corrected chi connectivity index (χ1v) is 7.62. The fourth-order valence-corrected chi connectivity index (χ4v) is 2.57. The molecule has 25 heavy (non-hydrogen) atoms. The summed E-state index contributed by atoms with van der Waals surface area (Å²) in [5, 5.41) is 10.8. The molecule has 10 heteroatoms. The molecule has 0 fully saturated rings. The van der Waals surface area contributed by atoms with Gasteiger partial charge in [0.2, 0.25) is 0 Å². The molecule has 2 aromatic rings. The topological polar surface area (TPSA) is 82.7 Å². The highest BCUT2D eigenvalue weighted by Crippen LogP contribution is 2.20. The zero-order chi connectivity index (χ0) is 17.8. The molecule has 134 valence electrons. The first kappa shape index (κ1) is 17.1. The minimum absolute atomic E-state index is 0.116. The summed E-state index contributed by atoms with van der Waals surface area (Å²) in [6.45, 7) is -0.117. The van der Waals surface area contributed by atoms with Crippen LogP contribution in [0.15, 0.2) is 30.5 Å². The van der Waals surface area contributed by atoms with E-state index in [0.29, 0.717) is 32.8 Å². The lowest BCUT2D eigenvalue weighted by molar-refractivity contribution is -0.389. The van der Waals surface area contributed by atoms with Crippen LogP contribution < -0.4 is 9.47 Å². The van der Waals surface area contributed by atoms with Gasteiger partial charge >= 0.3 is 18.4 Å². The third-order valence-electron chi connectivity index (χ3n) is 3.76. The van der Waals surface area contributed by atoms with E-state index in [9.17, 15) is 18.9 Å². The highest BCUT2D eigenvalue weighted by Gasteiger charge is 2.22. The average Bonchev–Trinajstić information content (AvgIpc) is 2.94. The van der Waals surface area contributed by atoms with E-state index in [1.165, 1.54) is 18.3 Å². The van der Waals surface area contributed by atoms with E-state index >= 15 is 0 Å². The normalized spacial score (nSPS) is 15.2. The summed E-state index contributed by atoms with van der Waals surface area (Å²) in [7, 11) is 0. The highest BCUT2D eigenvalue weighted by molar-refractivity contribution is 5.27. The first-order chi connectivity index (χ1) is 12.0. The number of nitrogens with zero attached hydrogens (tertiary/aromatic N) is 4. The second-order valence-corrected chi connectivity index (χ2v) is 5.48. The number of fused-ring (bicyclic) bond motifs is 1. The van der Waals surface area contributed by atoms with Gasteiger partial charge < -0.3 is 19.6 Å². The molecule has 8 nitrogen and oxygen atoms in total. The summed E-state index contributed by atoms with van der Waals surface area (Å²) in [5.41, 5.74) is 0.944. The molecule has 0 saturated carbocycles. The van der Waals surface area contributed by atoms with E-state index in [1.807, 2.05) is 0 Å². The smallest absolute Gasteiger partial charge is 0.414 e. The van der Waals surface area contributed by atoms with Crippen LogP contribution in [0.2, 0.25) is 0 Å². The summed E-state index contributed by atoms with van der Waals surface area (Å²) in [5.74, 6) is -0.122. The number of ether oxygens (including phenoxy) is 2. The molecule has 0 N–H and O–H groups in total. The third kappa shape index (κ3) is 4.41. The Labute approximate surface area is 141 Å². The molecule has 0 atom stereocenters. The molecule has 0 aliphatic carbocycles. The van der Waals surface area contributed by atoms with Crippen molar-refractivity contribution in [2.75, 3.05) is 19.7 Å². The lowest BCUT2D eigenvalue weighted by atomic mass is 10.2. The number of hydrogen-bond acceptors (Lipinski definition) is 6. The monoisotopic (exact) mass is 354 g/mol. The molecule has 0 spiro atoms. The zero-order valence-corrected chi connectivity index (χ0v) is 13.2. The van der Waals surface area contributed by atoms with E-state index in [4.69, 9.17) is 4.74 Å². The summed E-state index contributed by atoms with van der Waals surface area (Å²) >= 11 is 0. The van der Waals surface area contributed by atoms with Crippen LogP contribution in [0.4, 0.5) is 14.6 Å². The van der Waals surface area contributed by atoms with Crippen LogP contribution in [0.25, 0.3) is 0 Å². The Bertz CT molecular complexity index is 736. The minimum atomic E-state index is -2.84. The maximum absolute atomic E-state index is 12.2. The average molecular weight is 354 g/mol. The summed E-state index contributed by atoms with van der Waals surface area (Å²) in [4.78, 5) is 16.2. The Hall–Kier alpha value is -2.75. The van der Waals surface area contributed by atoms with Gasteiger partial charge in [-0.3, -0.25) is 9.47 Å². The number of benzene rings is 1. The van der Waals surface area contributed by atoms with Crippen LogP contribution >= 0.6 is 0 Å². The van der Waals surface area contributed by atoms with Gasteiger partial charge in [-0.1, -0.05) is 12.1 Å². The molecular formula is C15H16F2N4O4. The van der Waals surface area contributed by atoms with Crippen LogP contribution in [0, 0.1) is 10.1 Å². The molecule has 0 unspecified atom stereocenters. The van der Waals surface area contributed by atoms with Gasteiger partial charge in [0.15, 0.2) is 0 Å². The number of nitro groups is 1. The van der Waals surface area contributed by atoms with Crippen LogP contribution in [0.3, 0.4) is 0 Å². The first-order valence-electron chi connectivity index (χ1n) is 7.62. The molecule has 1 aromatic carbocycles. The Morgan fingerprint density at radius 2 is 2.04 bits per heavy atom. The molecule has 1 aliphatic heterocycles. The fourth-order valence-electron chi connectivity index (χ4n) is 2.57. The van der Waals surface area contributed by atoms with Gasteiger partial charge in [0.25, 0.3) is 0 Å². The van der Waals surface area contributed by atoms with Gasteiger partial charge in [-0.15, -0.1) is 0 Å². The summed E-state index contributed by atoms with van der Waals surface area (Å²) < 4.78 is 35.7. The molecule has 0 amide bonds. The number of halogens is 2. The van der Waals surface area contributed by atoms with E-state index in [1.54, 1.807) is 16.7 Å². The van der Waals surface area contributed by atoms with Crippen molar-refractivity contribution in [2.45, 2.75) is 19.7 Å².